The molecule has 17 heavy (non-hydrogen) atoms. The Bertz CT molecular complexity index is 353. The smallest absolute Gasteiger partial charge is 0.0469 e. The third-order valence-electron chi connectivity index (χ3n) is 3.12. The summed E-state index contributed by atoms with van der Waals surface area (Å²) >= 11 is 3.45. The zero-order chi connectivity index (χ0) is 12.1. The second-order valence-corrected chi connectivity index (χ2v) is 5.68. The molecule has 0 N–H and O–H groups in total. The fourth-order valence-electron chi connectivity index (χ4n) is 2.29. The largest absolute Gasteiger partial charge is 0.381 e. The second kappa shape index (κ2) is 6.47. The van der Waals surface area contributed by atoms with Crippen LogP contribution < -0.4 is 0 Å². The lowest BCUT2D eigenvalue weighted by Gasteiger charge is -2.27. The summed E-state index contributed by atoms with van der Waals surface area (Å²) < 4.78 is 6.43. The van der Waals surface area contributed by atoms with Gasteiger partial charge >= 0.3 is 0 Å². The van der Waals surface area contributed by atoms with Crippen LogP contribution in [0.1, 0.15) is 18.4 Å². The van der Waals surface area contributed by atoms with Gasteiger partial charge in [-0.15, -0.1) is 0 Å². The van der Waals surface area contributed by atoms with E-state index < -0.39 is 0 Å². The molecule has 1 fully saturated rings. The van der Waals surface area contributed by atoms with E-state index in [0.29, 0.717) is 0 Å². The molecule has 0 amide bonds. The van der Waals surface area contributed by atoms with E-state index in [1.165, 1.54) is 18.4 Å². The van der Waals surface area contributed by atoms with Crippen LogP contribution in [-0.4, -0.2) is 36.7 Å². The summed E-state index contributed by atoms with van der Waals surface area (Å²) in [7, 11) is 2.18. The van der Waals surface area contributed by atoms with E-state index in [9.17, 15) is 0 Å². The summed E-state index contributed by atoms with van der Waals surface area (Å²) in [6.45, 7) is 3.97. The summed E-state index contributed by atoms with van der Waals surface area (Å²) in [5, 5.41) is 0. The van der Waals surface area contributed by atoms with E-state index >= 15 is 0 Å². The third kappa shape index (κ3) is 4.37. The average Bonchev–Trinajstić information content (AvgIpc) is 2.30. The minimum atomic E-state index is 0.786. The monoisotopic (exact) mass is 298 g/mol. The van der Waals surface area contributed by atoms with E-state index in [4.69, 9.17) is 4.74 Å². The number of nitrogens with zero attached hydrogens (tertiary/aromatic N) is 2. The molecule has 0 spiro atoms. The van der Waals surface area contributed by atoms with Gasteiger partial charge in [0.05, 0.1) is 0 Å². The molecular formula is C13H19BrN2O. The molecule has 1 saturated heterocycles. The van der Waals surface area contributed by atoms with Crippen LogP contribution in [0.5, 0.6) is 0 Å². The van der Waals surface area contributed by atoms with Gasteiger partial charge < -0.3 is 9.64 Å². The van der Waals surface area contributed by atoms with E-state index in [2.05, 4.69) is 38.9 Å². The number of aromatic nitrogens is 1. The zero-order valence-electron chi connectivity index (χ0n) is 10.2. The second-order valence-electron chi connectivity index (χ2n) is 4.76. The van der Waals surface area contributed by atoms with E-state index in [1.807, 2.05) is 12.4 Å². The summed E-state index contributed by atoms with van der Waals surface area (Å²) in [5.74, 6) is 0.786. The van der Waals surface area contributed by atoms with Crippen LogP contribution in [-0.2, 0) is 11.3 Å². The maximum Gasteiger partial charge on any atom is 0.0469 e. The Morgan fingerprint density at radius 2 is 2.18 bits per heavy atom. The van der Waals surface area contributed by atoms with Crippen LogP contribution in [0, 0.1) is 5.92 Å². The van der Waals surface area contributed by atoms with Crippen LogP contribution in [0.4, 0.5) is 0 Å². The topological polar surface area (TPSA) is 25.4 Å². The van der Waals surface area contributed by atoms with Gasteiger partial charge in [0.2, 0.25) is 0 Å². The Morgan fingerprint density at radius 1 is 1.41 bits per heavy atom. The molecule has 0 unspecified atom stereocenters. The van der Waals surface area contributed by atoms with E-state index in [-0.39, 0.29) is 0 Å². The first kappa shape index (κ1) is 13.0. The van der Waals surface area contributed by atoms with Crippen molar-refractivity contribution in [2.75, 3.05) is 26.8 Å². The summed E-state index contributed by atoms with van der Waals surface area (Å²) in [6, 6.07) is 2.13. The third-order valence-corrected chi connectivity index (χ3v) is 3.56. The maximum absolute atomic E-state index is 5.38. The number of halogens is 1. The maximum atomic E-state index is 5.38. The van der Waals surface area contributed by atoms with E-state index in [1.54, 1.807) is 0 Å². The molecule has 0 saturated carbocycles. The van der Waals surface area contributed by atoms with Gasteiger partial charge in [-0.25, -0.2) is 0 Å². The van der Waals surface area contributed by atoms with Gasteiger partial charge in [0.15, 0.2) is 0 Å². The van der Waals surface area contributed by atoms with Crippen LogP contribution in [0.15, 0.2) is 22.9 Å². The van der Waals surface area contributed by atoms with Gasteiger partial charge in [0, 0.05) is 43.2 Å². The molecule has 0 bridgehead atoms. The molecule has 1 aliphatic heterocycles. The quantitative estimate of drug-likeness (QED) is 0.855. The number of ether oxygens (including phenoxy) is 1. The summed E-state index contributed by atoms with van der Waals surface area (Å²) in [6.07, 6.45) is 6.15. The first-order valence-electron chi connectivity index (χ1n) is 6.10. The lowest BCUT2D eigenvalue weighted by Crippen LogP contribution is -2.29. The predicted molar refractivity (Wildman–Crippen MR) is 71.8 cm³/mol. The molecule has 0 atom stereocenters. The van der Waals surface area contributed by atoms with E-state index in [0.717, 1.165) is 36.7 Å². The van der Waals surface area contributed by atoms with Crippen molar-refractivity contribution in [3.05, 3.63) is 28.5 Å². The Balaban J connectivity index is 1.82. The summed E-state index contributed by atoms with van der Waals surface area (Å²) in [4.78, 5) is 6.56. The van der Waals surface area contributed by atoms with Crippen LogP contribution in [0.25, 0.3) is 0 Å². The number of hydrogen-bond donors (Lipinski definition) is 0. The van der Waals surface area contributed by atoms with Crippen molar-refractivity contribution in [3.63, 3.8) is 0 Å². The molecule has 2 heterocycles. The van der Waals surface area contributed by atoms with Crippen molar-refractivity contribution in [1.82, 2.24) is 9.88 Å². The molecule has 1 aliphatic rings. The Labute approximate surface area is 111 Å². The van der Waals surface area contributed by atoms with Crippen molar-refractivity contribution in [1.29, 1.82) is 0 Å². The van der Waals surface area contributed by atoms with Gasteiger partial charge in [0.25, 0.3) is 0 Å². The van der Waals surface area contributed by atoms with Gasteiger partial charge in [-0.1, -0.05) is 0 Å². The summed E-state index contributed by atoms with van der Waals surface area (Å²) in [5.41, 5.74) is 1.26. The van der Waals surface area contributed by atoms with Crippen molar-refractivity contribution in [2.45, 2.75) is 19.4 Å². The van der Waals surface area contributed by atoms with Crippen molar-refractivity contribution < 1.29 is 4.74 Å². The first-order chi connectivity index (χ1) is 8.24. The molecule has 1 aromatic heterocycles. The van der Waals surface area contributed by atoms with Crippen molar-refractivity contribution >= 4 is 15.9 Å². The van der Waals surface area contributed by atoms with Crippen LogP contribution >= 0.6 is 15.9 Å². The lowest BCUT2D eigenvalue weighted by atomic mass is 10.00. The van der Waals surface area contributed by atoms with Gasteiger partial charge in [0.1, 0.15) is 0 Å². The minimum absolute atomic E-state index is 0.786. The molecule has 3 nitrogen and oxygen atoms in total. The van der Waals surface area contributed by atoms with Crippen molar-refractivity contribution in [2.24, 2.45) is 5.92 Å². The Kier molecular flexibility index (Phi) is 4.95. The van der Waals surface area contributed by atoms with Crippen molar-refractivity contribution in [3.8, 4) is 0 Å². The molecule has 1 aromatic rings. The number of rotatable bonds is 4. The van der Waals surface area contributed by atoms with Gasteiger partial charge in [-0.3, -0.25) is 4.98 Å². The lowest BCUT2D eigenvalue weighted by molar-refractivity contribution is 0.0549. The highest BCUT2D eigenvalue weighted by molar-refractivity contribution is 9.10. The Morgan fingerprint density at radius 3 is 2.88 bits per heavy atom. The predicted octanol–water partition coefficient (Wildman–Crippen LogP) is 2.70. The molecular weight excluding hydrogens is 280 g/mol. The molecule has 0 radical (unpaired) electrons. The average molecular weight is 299 g/mol. The molecule has 2 rings (SSSR count). The Hall–Kier alpha value is -0.450. The standard InChI is InChI=1S/C13H19BrN2O/c1-16(9-11-2-4-17-5-3-11)10-12-6-13(14)8-15-7-12/h6-8,11H,2-5,9-10H2,1H3. The zero-order valence-corrected chi connectivity index (χ0v) is 11.8. The van der Waals surface area contributed by atoms with Gasteiger partial charge in [-0.05, 0) is 53.4 Å². The van der Waals surface area contributed by atoms with Crippen LogP contribution in [0.2, 0.25) is 0 Å². The highest BCUT2D eigenvalue weighted by Crippen LogP contribution is 2.17. The minimum Gasteiger partial charge on any atom is -0.381 e. The molecule has 0 aromatic carbocycles. The highest BCUT2D eigenvalue weighted by atomic mass is 79.9. The number of hydrogen-bond acceptors (Lipinski definition) is 3. The first-order valence-corrected chi connectivity index (χ1v) is 6.89. The molecule has 0 aliphatic carbocycles. The SMILES string of the molecule is CN(Cc1cncc(Br)c1)CC1CCOCC1. The fraction of sp³-hybridized carbons (Fsp3) is 0.615. The highest BCUT2D eigenvalue weighted by Gasteiger charge is 2.15. The fourth-order valence-corrected chi connectivity index (χ4v) is 2.70. The molecule has 4 heteroatoms. The number of pyridine rings is 1. The molecule has 94 valence electrons. The van der Waals surface area contributed by atoms with Crippen LogP contribution in [0.3, 0.4) is 0 Å². The normalized spacial score (nSPS) is 17.6. The van der Waals surface area contributed by atoms with Gasteiger partial charge in [-0.2, -0.15) is 0 Å².